The highest BCUT2D eigenvalue weighted by Crippen LogP contribution is 2.29. The third-order valence-electron chi connectivity index (χ3n) is 2.55. The molecule has 1 aliphatic rings. The van der Waals surface area contributed by atoms with Crippen LogP contribution in [0.15, 0.2) is 29.2 Å². The molecule has 0 radical (unpaired) electrons. The molecule has 2 rings (SSSR count). The van der Waals surface area contributed by atoms with Crippen LogP contribution < -0.4 is 0 Å². The monoisotopic (exact) mass is 271 g/mol. The molecule has 0 unspecified atom stereocenters. The number of rotatable bonds is 4. The van der Waals surface area contributed by atoms with E-state index in [0.717, 1.165) is 10.1 Å². The molecule has 1 heterocycles. The molecular formula is C11H13NO3S2. The van der Waals surface area contributed by atoms with Crippen molar-refractivity contribution in [1.29, 1.82) is 0 Å². The largest absolute Gasteiger partial charge is 0.269 e. The van der Waals surface area contributed by atoms with Crippen molar-refractivity contribution in [3.63, 3.8) is 0 Å². The molecule has 0 aliphatic carbocycles. The molecule has 17 heavy (non-hydrogen) atoms. The minimum atomic E-state index is -3.61. The van der Waals surface area contributed by atoms with Gasteiger partial charge in [-0.2, -0.15) is 11.8 Å². The summed E-state index contributed by atoms with van der Waals surface area (Å²) in [4.78, 5) is 12.1. The molecule has 1 aromatic carbocycles. The van der Waals surface area contributed by atoms with Crippen LogP contribution in [0.4, 0.5) is 0 Å². The number of carbonyl (C=O) groups is 1. The van der Waals surface area contributed by atoms with E-state index in [0.29, 0.717) is 5.75 Å². The average molecular weight is 271 g/mol. The Morgan fingerprint density at radius 2 is 2.00 bits per heavy atom. The van der Waals surface area contributed by atoms with Crippen molar-refractivity contribution >= 4 is 27.7 Å². The van der Waals surface area contributed by atoms with E-state index in [-0.39, 0.29) is 17.0 Å². The van der Waals surface area contributed by atoms with Gasteiger partial charge in [-0.05, 0) is 17.9 Å². The molecule has 0 saturated carbocycles. The average Bonchev–Trinajstić information content (AvgIpc) is 2.51. The fourth-order valence-corrected chi connectivity index (χ4v) is 4.03. The minimum absolute atomic E-state index is 0.131. The Morgan fingerprint density at radius 3 is 2.65 bits per heavy atom. The van der Waals surface area contributed by atoms with Crippen LogP contribution in [-0.2, 0) is 10.0 Å². The van der Waals surface area contributed by atoms with E-state index in [1.807, 2.05) is 6.92 Å². The quantitative estimate of drug-likeness (QED) is 0.780. The van der Waals surface area contributed by atoms with Crippen molar-refractivity contribution in [1.82, 2.24) is 4.31 Å². The van der Waals surface area contributed by atoms with Crippen LogP contribution in [0.3, 0.4) is 0 Å². The summed E-state index contributed by atoms with van der Waals surface area (Å²) in [5, 5.41) is 0. The maximum absolute atomic E-state index is 12.1. The minimum Gasteiger partial charge on any atom is -0.268 e. The Labute approximate surface area is 105 Å². The van der Waals surface area contributed by atoms with Gasteiger partial charge in [0, 0.05) is 12.3 Å². The Kier molecular flexibility index (Phi) is 3.44. The standard InChI is InChI=1S/C11H13NO3S2/c1-2-16-8-7-12-11(13)9-5-3-4-6-10(9)17(12,14)15/h3-6H,2,7-8H2,1H3. The predicted molar refractivity (Wildman–Crippen MR) is 67.7 cm³/mol. The van der Waals surface area contributed by atoms with Crippen molar-refractivity contribution in [2.75, 3.05) is 18.1 Å². The summed E-state index contributed by atoms with van der Waals surface area (Å²) in [7, 11) is -3.61. The Hall–Kier alpha value is -1.01. The second-order valence-corrected chi connectivity index (χ2v) is 6.80. The summed E-state index contributed by atoms with van der Waals surface area (Å²) < 4.78 is 25.1. The van der Waals surface area contributed by atoms with Crippen molar-refractivity contribution in [3.8, 4) is 0 Å². The number of nitrogens with zero attached hydrogens (tertiary/aromatic N) is 1. The van der Waals surface area contributed by atoms with Crippen molar-refractivity contribution in [2.24, 2.45) is 0 Å². The summed E-state index contributed by atoms with van der Waals surface area (Å²) >= 11 is 1.62. The fraction of sp³-hybridized carbons (Fsp3) is 0.364. The van der Waals surface area contributed by atoms with Gasteiger partial charge in [-0.1, -0.05) is 19.1 Å². The maximum atomic E-state index is 12.1. The number of thioether (sulfide) groups is 1. The van der Waals surface area contributed by atoms with E-state index in [4.69, 9.17) is 0 Å². The van der Waals surface area contributed by atoms with Crippen molar-refractivity contribution in [2.45, 2.75) is 11.8 Å². The molecule has 0 fully saturated rings. The van der Waals surface area contributed by atoms with Gasteiger partial charge in [0.05, 0.1) is 5.56 Å². The van der Waals surface area contributed by atoms with Crippen molar-refractivity contribution in [3.05, 3.63) is 29.8 Å². The molecule has 0 N–H and O–H groups in total. The molecule has 92 valence electrons. The molecule has 6 heteroatoms. The third-order valence-corrected chi connectivity index (χ3v) is 5.27. The number of fused-ring (bicyclic) bond motifs is 1. The number of hydrogen-bond donors (Lipinski definition) is 0. The number of hydrogen-bond acceptors (Lipinski definition) is 4. The van der Waals surface area contributed by atoms with Gasteiger partial charge in [0.2, 0.25) is 0 Å². The van der Waals surface area contributed by atoms with Gasteiger partial charge in [0.1, 0.15) is 4.90 Å². The third kappa shape index (κ3) is 2.07. The molecular weight excluding hydrogens is 258 g/mol. The summed E-state index contributed by atoms with van der Waals surface area (Å²) in [6.45, 7) is 2.24. The van der Waals surface area contributed by atoms with Crippen LogP contribution in [0.5, 0.6) is 0 Å². The number of sulfonamides is 1. The normalized spacial score (nSPS) is 17.2. The highest BCUT2D eigenvalue weighted by molar-refractivity contribution is 7.99. The second kappa shape index (κ2) is 4.70. The van der Waals surface area contributed by atoms with E-state index in [9.17, 15) is 13.2 Å². The fourth-order valence-electron chi connectivity index (χ4n) is 1.74. The molecule has 0 atom stereocenters. The SMILES string of the molecule is CCSCCN1C(=O)c2ccccc2S1(=O)=O. The zero-order chi connectivity index (χ0) is 12.5. The van der Waals surface area contributed by atoms with Crippen LogP contribution in [0.1, 0.15) is 17.3 Å². The van der Waals surface area contributed by atoms with Crippen LogP contribution in [0, 0.1) is 0 Å². The van der Waals surface area contributed by atoms with E-state index in [2.05, 4.69) is 0 Å². The summed E-state index contributed by atoms with van der Waals surface area (Å²) in [5.41, 5.74) is 0.286. The molecule has 1 aliphatic heterocycles. The van der Waals surface area contributed by atoms with Crippen LogP contribution >= 0.6 is 11.8 Å². The van der Waals surface area contributed by atoms with Crippen molar-refractivity contribution < 1.29 is 13.2 Å². The first-order valence-electron chi connectivity index (χ1n) is 5.33. The highest BCUT2D eigenvalue weighted by atomic mass is 32.2. The second-order valence-electron chi connectivity index (χ2n) is 3.58. The first-order chi connectivity index (χ1) is 8.09. The van der Waals surface area contributed by atoms with E-state index >= 15 is 0 Å². The summed E-state index contributed by atoms with van der Waals surface area (Å²) in [5.74, 6) is 1.14. The van der Waals surface area contributed by atoms with Gasteiger partial charge in [0.15, 0.2) is 0 Å². The molecule has 0 spiro atoms. The molecule has 1 amide bonds. The Bertz CT molecular complexity index is 539. The summed E-state index contributed by atoms with van der Waals surface area (Å²) in [6.07, 6.45) is 0. The van der Waals surface area contributed by atoms with E-state index in [1.165, 1.54) is 6.07 Å². The topological polar surface area (TPSA) is 54.5 Å². The Morgan fingerprint density at radius 1 is 1.29 bits per heavy atom. The zero-order valence-electron chi connectivity index (χ0n) is 9.42. The first kappa shape index (κ1) is 12.4. The lowest BCUT2D eigenvalue weighted by Crippen LogP contribution is -2.32. The lowest BCUT2D eigenvalue weighted by atomic mass is 10.2. The summed E-state index contributed by atoms with van der Waals surface area (Å²) in [6, 6.07) is 6.35. The molecule has 4 nitrogen and oxygen atoms in total. The van der Waals surface area contributed by atoms with E-state index in [1.54, 1.807) is 30.0 Å². The smallest absolute Gasteiger partial charge is 0.268 e. The first-order valence-corrected chi connectivity index (χ1v) is 7.92. The number of benzene rings is 1. The lowest BCUT2D eigenvalue weighted by Gasteiger charge is -2.14. The number of carbonyl (C=O) groups excluding carboxylic acids is 1. The molecule has 0 bridgehead atoms. The van der Waals surface area contributed by atoms with Crippen LogP contribution in [-0.4, -0.2) is 36.7 Å². The Balaban J connectivity index is 2.31. The highest BCUT2D eigenvalue weighted by Gasteiger charge is 2.40. The van der Waals surface area contributed by atoms with E-state index < -0.39 is 15.9 Å². The molecule has 1 aromatic rings. The van der Waals surface area contributed by atoms with Gasteiger partial charge < -0.3 is 0 Å². The van der Waals surface area contributed by atoms with Crippen LogP contribution in [0.2, 0.25) is 0 Å². The van der Waals surface area contributed by atoms with Gasteiger partial charge in [-0.15, -0.1) is 0 Å². The molecule has 0 aromatic heterocycles. The number of amides is 1. The van der Waals surface area contributed by atoms with Gasteiger partial charge >= 0.3 is 0 Å². The van der Waals surface area contributed by atoms with Gasteiger partial charge in [-0.3, -0.25) is 4.79 Å². The van der Waals surface area contributed by atoms with Crippen LogP contribution in [0.25, 0.3) is 0 Å². The molecule has 0 saturated heterocycles. The van der Waals surface area contributed by atoms with Gasteiger partial charge in [0.25, 0.3) is 15.9 Å². The predicted octanol–water partition coefficient (Wildman–Crippen LogP) is 1.58. The maximum Gasteiger partial charge on any atom is 0.269 e. The zero-order valence-corrected chi connectivity index (χ0v) is 11.1. The lowest BCUT2D eigenvalue weighted by molar-refractivity contribution is 0.0876. The van der Waals surface area contributed by atoms with Gasteiger partial charge in [-0.25, -0.2) is 12.7 Å².